The average molecular weight is 317 g/mol. The van der Waals surface area contributed by atoms with Gasteiger partial charge in [-0.15, -0.1) is 11.8 Å². The highest BCUT2D eigenvalue weighted by Crippen LogP contribution is 2.21. The number of rotatable bonds is 5. The fraction of sp³-hybridized carbons (Fsp3) is 0.500. The lowest BCUT2D eigenvalue weighted by molar-refractivity contribution is -0.141. The van der Waals surface area contributed by atoms with E-state index in [0.717, 1.165) is 12.1 Å². The highest BCUT2D eigenvalue weighted by atomic mass is 32.2. The number of carbonyl (C=O) groups is 1. The number of thioether (sulfide) groups is 1. The van der Waals surface area contributed by atoms with Gasteiger partial charge in [0.05, 0.1) is 25.9 Å². The van der Waals surface area contributed by atoms with Crippen LogP contribution in [0.4, 0.5) is 8.78 Å². The molecule has 1 aromatic rings. The molecule has 1 atom stereocenters. The van der Waals surface area contributed by atoms with E-state index in [9.17, 15) is 18.7 Å². The summed E-state index contributed by atoms with van der Waals surface area (Å²) in [5.41, 5.74) is 0. The number of halogens is 2. The first-order chi connectivity index (χ1) is 10.1. The van der Waals surface area contributed by atoms with Crippen LogP contribution in [0.3, 0.4) is 0 Å². The second-order valence-corrected chi connectivity index (χ2v) is 5.84. The SMILES string of the molecule is O=C(CCSc1ccc(F)c(F)c1)N1CCOCC1CO. The van der Waals surface area contributed by atoms with Crippen LogP contribution in [0.2, 0.25) is 0 Å². The van der Waals surface area contributed by atoms with Gasteiger partial charge in [-0.25, -0.2) is 8.78 Å². The fourth-order valence-electron chi connectivity index (χ4n) is 2.10. The summed E-state index contributed by atoms with van der Waals surface area (Å²) in [7, 11) is 0. The summed E-state index contributed by atoms with van der Waals surface area (Å²) in [6.45, 7) is 1.17. The summed E-state index contributed by atoms with van der Waals surface area (Å²) in [5, 5.41) is 9.21. The van der Waals surface area contributed by atoms with Crippen LogP contribution in [0, 0.1) is 11.6 Å². The number of amides is 1. The van der Waals surface area contributed by atoms with E-state index in [4.69, 9.17) is 4.74 Å². The first-order valence-corrected chi connectivity index (χ1v) is 7.66. The number of nitrogens with zero attached hydrogens (tertiary/aromatic N) is 1. The molecule has 2 rings (SSSR count). The van der Waals surface area contributed by atoms with Crippen molar-refractivity contribution in [1.29, 1.82) is 0 Å². The topological polar surface area (TPSA) is 49.8 Å². The van der Waals surface area contributed by atoms with Crippen molar-refractivity contribution in [3.63, 3.8) is 0 Å². The van der Waals surface area contributed by atoms with Crippen LogP contribution in [0.25, 0.3) is 0 Å². The van der Waals surface area contributed by atoms with E-state index in [0.29, 0.717) is 30.4 Å². The Balaban J connectivity index is 1.82. The molecule has 1 fully saturated rings. The summed E-state index contributed by atoms with van der Waals surface area (Å²) >= 11 is 1.30. The standard InChI is InChI=1S/C14H17F2NO3S/c15-12-2-1-11(7-13(12)16)21-6-3-14(19)17-4-5-20-9-10(17)8-18/h1-2,7,10,18H,3-6,8-9H2. The van der Waals surface area contributed by atoms with Gasteiger partial charge in [-0.05, 0) is 18.2 Å². The van der Waals surface area contributed by atoms with Crippen molar-refractivity contribution < 1.29 is 23.4 Å². The van der Waals surface area contributed by atoms with Gasteiger partial charge in [0.1, 0.15) is 0 Å². The van der Waals surface area contributed by atoms with Crippen LogP contribution in [0.15, 0.2) is 23.1 Å². The van der Waals surface area contributed by atoms with Gasteiger partial charge >= 0.3 is 0 Å². The number of carbonyl (C=O) groups excluding carboxylic acids is 1. The lowest BCUT2D eigenvalue weighted by Gasteiger charge is -2.34. The Bertz CT molecular complexity index is 501. The lowest BCUT2D eigenvalue weighted by atomic mass is 10.2. The summed E-state index contributed by atoms with van der Waals surface area (Å²) in [6.07, 6.45) is 0.278. The number of ether oxygens (including phenoxy) is 1. The number of aliphatic hydroxyl groups is 1. The number of aliphatic hydroxyl groups excluding tert-OH is 1. The molecule has 1 N–H and O–H groups in total. The maximum Gasteiger partial charge on any atom is 0.223 e. The van der Waals surface area contributed by atoms with Crippen molar-refractivity contribution in [2.45, 2.75) is 17.4 Å². The van der Waals surface area contributed by atoms with Crippen molar-refractivity contribution in [2.75, 3.05) is 32.1 Å². The third-order valence-electron chi connectivity index (χ3n) is 3.23. The maximum atomic E-state index is 13.0. The zero-order valence-corrected chi connectivity index (χ0v) is 12.2. The largest absolute Gasteiger partial charge is 0.394 e. The second kappa shape index (κ2) is 7.72. The van der Waals surface area contributed by atoms with Gasteiger partial charge in [0.25, 0.3) is 0 Å². The van der Waals surface area contributed by atoms with Gasteiger partial charge in [0, 0.05) is 23.6 Å². The molecule has 1 unspecified atom stereocenters. The van der Waals surface area contributed by atoms with E-state index in [2.05, 4.69) is 0 Å². The molecular weight excluding hydrogens is 300 g/mol. The van der Waals surface area contributed by atoms with Crippen molar-refractivity contribution in [2.24, 2.45) is 0 Å². The van der Waals surface area contributed by atoms with Crippen LogP contribution in [0.5, 0.6) is 0 Å². The van der Waals surface area contributed by atoms with Crippen LogP contribution < -0.4 is 0 Å². The van der Waals surface area contributed by atoms with Crippen LogP contribution in [0.1, 0.15) is 6.42 Å². The first-order valence-electron chi connectivity index (χ1n) is 6.67. The molecule has 116 valence electrons. The summed E-state index contributed by atoms with van der Waals surface area (Å²) in [5.74, 6) is -1.36. The van der Waals surface area contributed by atoms with Gasteiger partial charge in [-0.1, -0.05) is 0 Å². The van der Waals surface area contributed by atoms with Crippen molar-refractivity contribution in [3.05, 3.63) is 29.8 Å². The number of hydrogen-bond acceptors (Lipinski definition) is 4. The molecule has 0 saturated carbocycles. The third kappa shape index (κ3) is 4.39. The molecule has 4 nitrogen and oxygen atoms in total. The minimum Gasteiger partial charge on any atom is -0.394 e. The Hall–Kier alpha value is -1.18. The molecule has 1 aliphatic rings. The number of hydrogen-bond donors (Lipinski definition) is 1. The Morgan fingerprint density at radius 2 is 2.24 bits per heavy atom. The van der Waals surface area contributed by atoms with Crippen LogP contribution in [-0.2, 0) is 9.53 Å². The average Bonchev–Trinajstić information content (AvgIpc) is 2.50. The summed E-state index contributed by atoms with van der Waals surface area (Å²) < 4.78 is 31.1. The Labute approximate surface area is 126 Å². The highest BCUT2D eigenvalue weighted by molar-refractivity contribution is 7.99. The zero-order chi connectivity index (χ0) is 15.2. The molecule has 1 heterocycles. The Morgan fingerprint density at radius 3 is 2.95 bits per heavy atom. The Morgan fingerprint density at radius 1 is 1.43 bits per heavy atom. The molecule has 0 aromatic heterocycles. The van der Waals surface area contributed by atoms with E-state index < -0.39 is 11.6 Å². The van der Waals surface area contributed by atoms with Gasteiger partial charge in [0.15, 0.2) is 11.6 Å². The van der Waals surface area contributed by atoms with Gasteiger partial charge < -0.3 is 14.7 Å². The van der Waals surface area contributed by atoms with Crippen molar-refractivity contribution in [1.82, 2.24) is 4.90 Å². The van der Waals surface area contributed by atoms with Crippen LogP contribution >= 0.6 is 11.8 Å². The molecule has 7 heteroatoms. The van der Waals surface area contributed by atoms with E-state index in [1.54, 1.807) is 4.90 Å². The zero-order valence-electron chi connectivity index (χ0n) is 11.4. The molecule has 1 aliphatic heterocycles. The predicted octanol–water partition coefficient (Wildman–Crippen LogP) is 1.67. The van der Waals surface area contributed by atoms with Crippen molar-refractivity contribution >= 4 is 17.7 Å². The van der Waals surface area contributed by atoms with Crippen molar-refractivity contribution in [3.8, 4) is 0 Å². The van der Waals surface area contributed by atoms with Gasteiger partial charge in [0.2, 0.25) is 5.91 Å². The highest BCUT2D eigenvalue weighted by Gasteiger charge is 2.26. The minimum atomic E-state index is -0.889. The van der Waals surface area contributed by atoms with Gasteiger partial charge in [-0.3, -0.25) is 4.79 Å². The first kappa shape index (κ1) is 16.2. The maximum absolute atomic E-state index is 13.0. The van der Waals surface area contributed by atoms with E-state index in [1.807, 2.05) is 0 Å². The normalized spacial score (nSPS) is 18.8. The molecule has 1 amide bonds. The molecule has 1 aromatic carbocycles. The molecule has 0 radical (unpaired) electrons. The summed E-state index contributed by atoms with van der Waals surface area (Å²) in [4.78, 5) is 14.3. The van der Waals surface area contributed by atoms with E-state index in [-0.39, 0.29) is 25.0 Å². The quantitative estimate of drug-likeness (QED) is 0.839. The molecular formula is C14H17F2NO3S. The minimum absolute atomic E-state index is 0.0626. The predicted molar refractivity (Wildman–Crippen MR) is 75.1 cm³/mol. The number of benzene rings is 1. The smallest absolute Gasteiger partial charge is 0.223 e. The summed E-state index contributed by atoms with van der Waals surface area (Å²) in [6, 6.07) is 3.39. The van der Waals surface area contributed by atoms with Crippen LogP contribution in [-0.4, -0.2) is 54.1 Å². The molecule has 1 saturated heterocycles. The lowest BCUT2D eigenvalue weighted by Crippen LogP contribution is -2.50. The molecule has 0 bridgehead atoms. The molecule has 21 heavy (non-hydrogen) atoms. The molecule has 0 aliphatic carbocycles. The second-order valence-electron chi connectivity index (χ2n) is 4.67. The molecule has 0 spiro atoms. The fourth-order valence-corrected chi connectivity index (χ4v) is 2.96. The number of morpholine rings is 1. The van der Waals surface area contributed by atoms with Gasteiger partial charge in [-0.2, -0.15) is 0 Å². The van der Waals surface area contributed by atoms with E-state index in [1.165, 1.54) is 17.8 Å². The Kier molecular flexibility index (Phi) is 5.96. The monoisotopic (exact) mass is 317 g/mol. The van der Waals surface area contributed by atoms with E-state index >= 15 is 0 Å². The third-order valence-corrected chi connectivity index (χ3v) is 4.23.